The van der Waals surface area contributed by atoms with E-state index in [2.05, 4.69) is 40.3 Å². The largest absolute Gasteiger partial charge is 0.383 e. The highest BCUT2D eigenvalue weighted by Gasteiger charge is 2.18. The lowest BCUT2D eigenvalue weighted by Crippen LogP contribution is -2.35. The smallest absolute Gasteiger partial charge is 0.111 e. The molecule has 0 spiro atoms. The van der Waals surface area contributed by atoms with Crippen molar-refractivity contribution in [3.8, 4) is 0 Å². The van der Waals surface area contributed by atoms with Gasteiger partial charge in [-0.1, -0.05) is 42.5 Å². The van der Waals surface area contributed by atoms with Gasteiger partial charge in [0, 0.05) is 39.0 Å². The Labute approximate surface area is 121 Å². The maximum atomic E-state index is 5.73. The van der Waals surface area contributed by atoms with Crippen LogP contribution in [-0.2, 0) is 0 Å². The molecule has 1 saturated heterocycles. The summed E-state index contributed by atoms with van der Waals surface area (Å²) in [6.45, 7) is 2.19. The van der Waals surface area contributed by atoms with Crippen LogP contribution < -0.4 is 0 Å². The van der Waals surface area contributed by atoms with Crippen LogP contribution in [0.3, 0.4) is 0 Å². The van der Waals surface area contributed by atoms with Gasteiger partial charge in [-0.15, -0.1) is 0 Å². The van der Waals surface area contributed by atoms with Gasteiger partial charge in [0.25, 0.3) is 0 Å². The van der Waals surface area contributed by atoms with Gasteiger partial charge in [-0.05, 0) is 24.8 Å². The lowest BCUT2D eigenvalue weighted by molar-refractivity contribution is 0.349. The minimum atomic E-state index is 0.986. The van der Waals surface area contributed by atoms with Crippen molar-refractivity contribution < 1.29 is 0 Å². The average Bonchev–Trinajstić information content (AvgIpc) is 2.46. The summed E-state index contributed by atoms with van der Waals surface area (Å²) >= 11 is 5.73. The molecule has 0 unspecified atom stereocenters. The molecule has 1 aromatic rings. The molecule has 1 aromatic carbocycles. The second-order valence-electron chi connectivity index (χ2n) is 5.23. The van der Waals surface area contributed by atoms with Crippen molar-refractivity contribution in [2.24, 2.45) is 0 Å². The van der Waals surface area contributed by atoms with Gasteiger partial charge >= 0.3 is 0 Å². The van der Waals surface area contributed by atoms with Gasteiger partial charge in [-0.25, -0.2) is 0 Å². The first kappa shape index (κ1) is 14.1. The van der Waals surface area contributed by atoms with Gasteiger partial charge < -0.3 is 9.80 Å². The molecule has 0 bridgehead atoms. The highest BCUT2D eigenvalue weighted by molar-refractivity contribution is 7.81. The fourth-order valence-electron chi connectivity index (χ4n) is 2.40. The Balaban J connectivity index is 2.25. The van der Waals surface area contributed by atoms with E-state index >= 15 is 0 Å². The second kappa shape index (κ2) is 6.71. The molecule has 1 aliphatic heterocycles. The molecule has 0 aromatic heterocycles. The number of thiocarbonyl (C=S) groups is 1. The Bertz CT molecular complexity index is 445. The molecule has 1 aliphatic rings. The fourth-order valence-corrected chi connectivity index (χ4v) is 2.75. The maximum absolute atomic E-state index is 5.73. The summed E-state index contributed by atoms with van der Waals surface area (Å²) in [5.41, 5.74) is 2.36. The molecule has 1 heterocycles. The van der Waals surface area contributed by atoms with Crippen LogP contribution in [0, 0.1) is 0 Å². The van der Waals surface area contributed by atoms with Crippen molar-refractivity contribution >= 4 is 22.8 Å². The minimum absolute atomic E-state index is 0.986. The van der Waals surface area contributed by atoms with Crippen molar-refractivity contribution in [2.45, 2.75) is 19.3 Å². The highest BCUT2D eigenvalue weighted by atomic mass is 32.1. The number of hydrogen-bond acceptors (Lipinski definition) is 2. The fraction of sp³-hybridized carbons (Fsp3) is 0.438. The summed E-state index contributed by atoms with van der Waals surface area (Å²) in [7, 11) is 4.09. The monoisotopic (exact) mass is 274 g/mol. The highest BCUT2D eigenvalue weighted by Crippen LogP contribution is 2.21. The van der Waals surface area contributed by atoms with Crippen LogP contribution in [0.2, 0.25) is 0 Å². The first-order chi connectivity index (χ1) is 9.18. The van der Waals surface area contributed by atoms with Crippen LogP contribution in [-0.4, -0.2) is 42.0 Å². The quantitative estimate of drug-likeness (QED) is 0.616. The predicted molar refractivity (Wildman–Crippen MR) is 86.1 cm³/mol. The topological polar surface area (TPSA) is 6.48 Å². The Morgan fingerprint density at radius 2 is 1.74 bits per heavy atom. The van der Waals surface area contributed by atoms with E-state index in [0.717, 1.165) is 23.7 Å². The summed E-state index contributed by atoms with van der Waals surface area (Å²) in [6.07, 6.45) is 5.97. The van der Waals surface area contributed by atoms with Crippen LogP contribution in [0.1, 0.15) is 24.8 Å². The molecular weight excluding hydrogens is 252 g/mol. The van der Waals surface area contributed by atoms with Gasteiger partial charge in [0.15, 0.2) is 0 Å². The molecule has 0 atom stereocenters. The molecule has 0 aliphatic carbocycles. The average molecular weight is 274 g/mol. The predicted octanol–water partition coefficient (Wildman–Crippen LogP) is 3.40. The molecular formula is C16H22N2S. The third-order valence-corrected chi connectivity index (χ3v) is 3.82. The van der Waals surface area contributed by atoms with E-state index in [0.29, 0.717) is 0 Å². The molecule has 0 saturated carbocycles. The molecule has 2 rings (SSSR count). The minimum Gasteiger partial charge on any atom is -0.383 e. The van der Waals surface area contributed by atoms with E-state index in [9.17, 15) is 0 Å². The third kappa shape index (κ3) is 3.80. The van der Waals surface area contributed by atoms with E-state index in [-0.39, 0.29) is 0 Å². The van der Waals surface area contributed by atoms with Crippen LogP contribution in [0.4, 0.5) is 0 Å². The molecule has 19 heavy (non-hydrogen) atoms. The first-order valence-corrected chi connectivity index (χ1v) is 7.32. The molecule has 0 N–H and O–H groups in total. The number of hydrogen-bond donors (Lipinski definition) is 0. The summed E-state index contributed by atoms with van der Waals surface area (Å²) in [6, 6.07) is 10.4. The Morgan fingerprint density at radius 1 is 1.11 bits per heavy atom. The molecule has 2 nitrogen and oxygen atoms in total. The van der Waals surface area contributed by atoms with Crippen molar-refractivity contribution in [1.82, 2.24) is 9.80 Å². The van der Waals surface area contributed by atoms with E-state index in [1.54, 1.807) is 0 Å². The van der Waals surface area contributed by atoms with Crippen molar-refractivity contribution in [3.05, 3.63) is 42.1 Å². The zero-order chi connectivity index (χ0) is 13.7. The SMILES string of the molecule is CN(C)/C=C(/C(=S)N1CCCCC1)c1ccccc1. The van der Waals surface area contributed by atoms with Gasteiger partial charge in [-0.2, -0.15) is 0 Å². The molecule has 102 valence electrons. The molecule has 0 radical (unpaired) electrons. The first-order valence-electron chi connectivity index (χ1n) is 6.91. The van der Waals surface area contributed by atoms with Crippen molar-refractivity contribution in [3.63, 3.8) is 0 Å². The Morgan fingerprint density at radius 3 is 2.32 bits per heavy atom. The summed E-state index contributed by atoms with van der Waals surface area (Å²) in [5.74, 6) is 0. The summed E-state index contributed by atoms with van der Waals surface area (Å²) in [5, 5.41) is 0. The lowest BCUT2D eigenvalue weighted by atomic mass is 10.0. The second-order valence-corrected chi connectivity index (χ2v) is 5.61. The maximum Gasteiger partial charge on any atom is 0.111 e. The van der Waals surface area contributed by atoms with Crippen LogP contribution in [0.25, 0.3) is 5.57 Å². The summed E-state index contributed by atoms with van der Waals surface area (Å²) in [4.78, 5) is 5.40. The van der Waals surface area contributed by atoms with Crippen LogP contribution in [0.15, 0.2) is 36.5 Å². The number of nitrogens with zero attached hydrogens (tertiary/aromatic N) is 2. The van der Waals surface area contributed by atoms with E-state index < -0.39 is 0 Å². The van der Waals surface area contributed by atoms with Crippen LogP contribution in [0.5, 0.6) is 0 Å². The van der Waals surface area contributed by atoms with Gasteiger partial charge in [0.1, 0.15) is 4.99 Å². The standard InChI is InChI=1S/C16H22N2S/c1-17(2)13-15(14-9-5-3-6-10-14)16(19)18-11-7-4-8-12-18/h3,5-6,9-10,13H,4,7-8,11-12H2,1-2H3/b15-13+. The summed E-state index contributed by atoms with van der Waals surface area (Å²) < 4.78 is 0. The molecule has 3 heteroatoms. The Hall–Kier alpha value is -1.35. The van der Waals surface area contributed by atoms with Gasteiger partial charge in [0.05, 0.1) is 0 Å². The third-order valence-electron chi connectivity index (χ3n) is 3.35. The van der Waals surface area contributed by atoms with Crippen LogP contribution >= 0.6 is 12.2 Å². The van der Waals surface area contributed by atoms with Gasteiger partial charge in [0.2, 0.25) is 0 Å². The molecule has 0 amide bonds. The van der Waals surface area contributed by atoms with E-state index in [1.807, 2.05) is 20.2 Å². The van der Waals surface area contributed by atoms with Crippen molar-refractivity contribution in [1.29, 1.82) is 0 Å². The zero-order valence-corrected chi connectivity index (χ0v) is 12.6. The lowest BCUT2D eigenvalue weighted by Gasteiger charge is -2.30. The zero-order valence-electron chi connectivity index (χ0n) is 11.8. The normalized spacial score (nSPS) is 16.3. The van der Waals surface area contributed by atoms with E-state index in [4.69, 9.17) is 12.2 Å². The number of benzene rings is 1. The number of piperidine rings is 1. The van der Waals surface area contributed by atoms with E-state index in [1.165, 1.54) is 24.8 Å². The van der Waals surface area contributed by atoms with Gasteiger partial charge in [-0.3, -0.25) is 0 Å². The number of likely N-dealkylation sites (tertiary alicyclic amines) is 1. The molecule has 1 fully saturated rings. The Kier molecular flexibility index (Phi) is 4.97. The number of rotatable bonds is 3. The van der Waals surface area contributed by atoms with Crippen molar-refractivity contribution in [2.75, 3.05) is 27.2 Å².